The van der Waals surface area contributed by atoms with E-state index < -0.39 is 6.04 Å². The lowest BCUT2D eigenvalue weighted by atomic mass is 9.99. The lowest BCUT2D eigenvalue weighted by Gasteiger charge is -2.12. The number of hydrogen-bond donors (Lipinski definition) is 3. The molecule has 9 heteroatoms. The second-order valence-corrected chi connectivity index (χ2v) is 8.40. The summed E-state index contributed by atoms with van der Waals surface area (Å²) in [5.41, 5.74) is 9.42. The molecule has 1 atom stereocenters. The number of carbonyl (C=O) groups excluding carboxylic acids is 1. The summed E-state index contributed by atoms with van der Waals surface area (Å²) in [6.45, 7) is 2.62. The number of nitrogens with zero attached hydrogens (tertiary/aromatic N) is 4. The number of rotatable bonds is 11. The summed E-state index contributed by atoms with van der Waals surface area (Å²) in [5.74, 6) is 2.47. The topological polar surface area (TPSA) is 128 Å². The Morgan fingerprint density at radius 2 is 1.94 bits per heavy atom. The lowest BCUT2D eigenvalue weighted by molar-refractivity contribution is -0.120. The number of phenols is 1. The third-order valence-electron chi connectivity index (χ3n) is 5.89. The van der Waals surface area contributed by atoms with Gasteiger partial charge in [0.15, 0.2) is 5.82 Å². The van der Waals surface area contributed by atoms with E-state index in [1.807, 2.05) is 29.5 Å². The van der Waals surface area contributed by atoms with Gasteiger partial charge in [0, 0.05) is 19.0 Å². The van der Waals surface area contributed by atoms with Crippen molar-refractivity contribution < 1.29 is 14.6 Å². The normalized spacial score (nSPS) is 12.2. The molecule has 34 heavy (non-hydrogen) atoms. The minimum absolute atomic E-state index is 0.0619. The summed E-state index contributed by atoms with van der Waals surface area (Å²) < 4.78 is 7.32. The number of anilines is 1. The molecule has 4 aromatic rings. The van der Waals surface area contributed by atoms with E-state index in [0.29, 0.717) is 30.9 Å². The molecule has 178 valence electrons. The van der Waals surface area contributed by atoms with Crippen LogP contribution in [0.25, 0.3) is 16.7 Å². The van der Waals surface area contributed by atoms with Crippen LogP contribution in [0.4, 0.5) is 5.82 Å². The van der Waals surface area contributed by atoms with Crippen molar-refractivity contribution in [3.8, 4) is 11.5 Å². The molecule has 0 aliphatic heterocycles. The fraction of sp³-hybridized carbons (Fsp3) is 0.360. The largest absolute Gasteiger partial charge is 0.508 e. The van der Waals surface area contributed by atoms with E-state index in [4.69, 9.17) is 15.5 Å². The van der Waals surface area contributed by atoms with E-state index in [0.717, 1.165) is 47.4 Å². The van der Waals surface area contributed by atoms with Gasteiger partial charge in [-0.25, -0.2) is 4.98 Å². The fourth-order valence-electron chi connectivity index (χ4n) is 3.99. The number of hydrogen-bond acceptors (Lipinski definition) is 8. The Labute approximate surface area is 198 Å². The molecule has 2 aromatic heterocycles. The number of benzene rings is 2. The smallest absolute Gasteiger partial charge is 0.204 e. The molecule has 0 amide bonds. The predicted molar refractivity (Wildman–Crippen MR) is 131 cm³/mol. The number of methoxy groups -OCH3 is 1. The van der Waals surface area contributed by atoms with Crippen molar-refractivity contribution in [2.45, 2.75) is 45.1 Å². The molecule has 0 fully saturated rings. The summed E-state index contributed by atoms with van der Waals surface area (Å²) in [7, 11) is 1.63. The number of nitrogens with one attached hydrogen (secondary N) is 1. The molecule has 0 saturated heterocycles. The van der Waals surface area contributed by atoms with Gasteiger partial charge in [-0.2, -0.15) is 0 Å². The summed E-state index contributed by atoms with van der Waals surface area (Å²) in [6, 6.07) is 12.0. The van der Waals surface area contributed by atoms with Gasteiger partial charge in [0.1, 0.15) is 23.1 Å². The molecule has 0 bridgehead atoms. The molecule has 0 aliphatic rings. The van der Waals surface area contributed by atoms with E-state index in [9.17, 15) is 9.90 Å². The molecule has 0 aliphatic carbocycles. The molecule has 2 heterocycles. The van der Waals surface area contributed by atoms with Crippen LogP contribution < -0.4 is 15.8 Å². The van der Waals surface area contributed by atoms with Gasteiger partial charge in [0.25, 0.3) is 0 Å². The van der Waals surface area contributed by atoms with Crippen molar-refractivity contribution in [1.29, 1.82) is 0 Å². The number of nitrogens with two attached hydrogens (primary N) is 1. The van der Waals surface area contributed by atoms with Gasteiger partial charge < -0.3 is 20.9 Å². The van der Waals surface area contributed by atoms with Gasteiger partial charge in [-0.05, 0) is 56.0 Å². The molecular weight excluding hydrogens is 432 g/mol. The summed E-state index contributed by atoms with van der Waals surface area (Å²) in [5, 5.41) is 21.2. The van der Waals surface area contributed by atoms with Crippen molar-refractivity contribution in [1.82, 2.24) is 19.6 Å². The second-order valence-electron chi connectivity index (χ2n) is 8.40. The van der Waals surface area contributed by atoms with Crippen LogP contribution in [-0.2, 0) is 11.2 Å². The second kappa shape index (κ2) is 10.5. The van der Waals surface area contributed by atoms with Crippen LogP contribution in [0.3, 0.4) is 0 Å². The zero-order valence-electron chi connectivity index (χ0n) is 19.5. The molecule has 0 unspecified atom stereocenters. The van der Waals surface area contributed by atoms with Crippen molar-refractivity contribution in [3.05, 3.63) is 53.9 Å². The number of ether oxygens (including phenoxy) is 1. The monoisotopic (exact) mass is 462 g/mol. The van der Waals surface area contributed by atoms with Gasteiger partial charge >= 0.3 is 0 Å². The molecule has 2 aromatic carbocycles. The zero-order valence-corrected chi connectivity index (χ0v) is 19.5. The Morgan fingerprint density at radius 3 is 2.71 bits per heavy atom. The molecule has 4 N–H and O–H groups in total. The van der Waals surface area contributed by atoms with Gasteiger partial charge in [0.05, 0.1) is 24.2 Å². The highest BCUT2D eigenvalue weighted by molar-refractivity contribution is 5.84. The van der Waals surface area contributed by atoms with Crippen molar-refractivity contribution in [3.63, 3.8) is 0 Å². The third-order valence-corrected chi connectivity index (χ3v) is 5.89. The summed E-state index contributed by atoms with van der Waals surface area (Å²) in [6.07, 6.45) is 3.50. The predicted octanol–water partition coefficient (Wildman–Crippen LogP) is 3.41. The van der Waals surface area contributed by atoms with Crippen molar-refractivity contribution >= 4 is 28.3 Å². The maximum Gasteiger partial charge on any atom is 0.204 e. The zero-order chi connectivity index (χ0) is 24.1. The average Bonchev–Trinajstić information content (AvgIpc) is 3.24. The number of phenolic OH excluding ortho intramolecular Hbond substituents is 1. The molecule has 0 spiro atoms. The highest BCUT2D eigenvalue weighted by Gasteiger charge is 2.15. The van der Waals surface area contributed by atoms with Crippen LogP contribution in [0.5, 0.6) is 11.5 Å². The first-order chi connectivity index (χ1) is 16.5. The molecule has 4 rings (SSSR count). The number of carbonyl (C=O) groups is 1. The van der Waals surface area contributed by atoms with Crippen LogP contribution in [-0.4, -0.2) is 50.2 Å². The van der Waals surface area contributed by atoms with Crippen LogP contribution in [0.2, 0.25) is 0 Å². The number of aryl methyl sites for hydroxylation is 1. The lowest BCUT2D eigenvalue weighted by Crippen LogP contribution is -2.32. The number of aromatic nitrogens is 4. The van der Waals surface area contributed by atoms with Crippen LogP contribution in [0, 0.1) is 6.92 Å². The highest BCUT2D eigenvalue weighted by atomic mass is 16.5. The van der Waals surface area contributed by atoms with E-state index in [-0.39, 0.29) is 11.5 Å². The van der Waals surface area contributed by atoms with E-state index >= 15 is 0 Å². The summed E-state index contributed by atoms with van der Waals surface area (Å²) in [4.78, 5) is 17.1. The molecule has 9 nitrogen and oxygen atoms in total. The highest BCUT2D eigenvalue weighted by Crippen LogP contribution is 2.25. The Bertz CT molecular complexity index is 1290. The molecular formula is C25H30N6O3. The van der Waals surface area contributed by atoms with Crippen LogP contribution in [0.1, 0.15) is 37.1 Å². The van der Waals surface area contributed by atoms with Crippen LogP contribution >= 0.6 is 0 Å². The maximum atomic E-state index is 12.4. The number of aromatic hydroxyl groups is 1. The minimum Gasteiger partial charge on any atom is -0.508 e. The van der Waals surface area contributed by atoms with Crippen LogP contribution in [0.15, 0.2) is 42.5 Å². The van der Waals surface area contributed by atoms with Crippen molar-refractivity contribution in [2.75, 3.05) is 19.0 Å². The molecule has 0 radical (unpaired) electrons. The summed E-state index contributed by atoms with van der Waals surface area (Å²) >= 11 is 0. The van der Waals surface area contributed by atoms with Gasteiger partial charge in [0.2, 0.25) is 5.65 Å². The fourth-order valence-corrected chi connectivity index (χ4v) is 3.99. The number of ketones is 1. The van der Waals surface area contributed by atoms with E-state index in [2.05, 4.69) is 15.5 Å². The first-order valence-corrected chi connectivity index (χ1v) is 11.5. The van der Waals surface area contributed by atoms with Crippen molar-refractivity contribution in [2.24, 2.45) is 5.73 Å². The van der Waals surface area contributed by atoms with E-state index in [1.165, 1.54) is 0 Å². The standard InChI is InChI=1S/C25H30N6O3/c1-16-29-30-25-24(28-21-15-19(34-2)11-12-22(21)31(16)25)27-13-5-3-4-6-23(33)20(26)14-17-7-9-18(32)10-8-17/h7-12,15,20,32H,3-6,13-14,26H2,1-2H3,(H,27,28)/t20-/m0/s1. The SMILES string of the molecule is COc1ccc2c(c1)nc(NCCCCCC(=O)[C@@H](N)Cc1ccc(O)cc1)c1nnc(C)n12. The number of Topliss-reactive ketones (excluding diaryl/α,β-unsaturated/α-hetero) is 1. The maximum absolute atomic E-state index is 12.4. The Hall–Kier alpha value is -3.72. The number of unbranched alkanes of at least 4 members (excludes halogenated alkanes) is 2. The third kappa shape index (κ3) is 5.26. The minimum atomic E-state index is -0.522. The Morgan fingerprint density at radius 1 is 1.15 bits per heavy atom. The Kier molecular flexibility index (Phi) is 7.22. The first-order valence-electron chi connectivity index (χ1n) is 11.5. The Balaban J connectivity index is 1.28. The molecule has 0 saturated carbocycles. The van der Waals surface area contributed by atoms with Gasteiger partial charge in [-0.3, -0.25) is 9.20 Å². The van der Waals surface area contributed by atoms with Gasteiger partial charge in [-0.15, -0.1) is 10.2 Å². The van der Waals surface area contributed by atoms with E-state index in [1.54, 1.807) is 31.4 Å². The average molecular weight is 463 g/mol. The van der Waals surface area contributed by atoms with Gasteiger partial charge in [-0.1, -0.05) is 18.6 Å². The quantitative estimate of drug-likeness (QED) is 0.289. The first kappa shape index (κ1) is 23.4. The number of fused-ring (bicyclic) bond motifs is 3.